The molecule has 0 bridgehead atoms. The summed E-state index contributed by atoms with van der Waals surface area (Å²) >= 11 is 0. The van der Waals surface area contributed by atoms with E-state index in [0.29, 0.717) is 6.61 Å². The molecule has 10 heavy (non-hydrogen) atoms. The Kier molecular flexibility index (Phi) is 5.16. The van der Waals surface area contributed by atoms with Gasteiger partial charge in [0.1, 0.15) is 5.78 Å². The molecule has 60 valence electrons. The lowest BCUT2D eigenvalue weighted by Crippen LogP contribution is -2.18. The third-order valence-electron chi connectivity index (χ3n) is 1.04. The number of aliphatic hydroxyl groups excluding tert-OH is 1. The first kappa shape index (κ1) is 9.59. The molecule has 1 N–H and O–H groups in total. The molecule has 0 aliphatic carbocycles. The van der Waals surface area contributed by atoms with E-state index in [0.717, 1.165) is 0 Å². The minimum atomic E-state index is -0.627. The van der Waals surface area contributed by atoms with Crippen molar-refractivity contribution in [3.8, 4) is 0 Å². The van der Waals surface area contributed by atoms with Gasteiger partial charge in [0.15, 0.2) is 0 Å². The largest absolute Gasteiger partial charge is 0.390 e. The Bertz CT molecular complexity index is 101. The number of hydrogen-bond acceptors (Lipinski definition) is 3. The van der Waals surface area contributed by atoms with Crippen LogP contribution in [0.15, 0.2) is 0 Å². The summed E-state index contributed by atoms with van der Waals surface area (Å²) in [4.78, 5) is 10.4. The maximum atomic E-state index is 10.4. The molecule has 0 saturated carbocycles. The van der Waals surface area contributed by atoms with Gasteiger partial charge in [-0.2, -0.15) is 0 Å². The molecule has 0 spiro atoms. The topological polar surface area (TPSA) is 46.5 Å². The molecule has 0 rings (SSSR count). The Hall–Kier alpha value is -0.410. The zero-order valence-corrected chi connectivity index (χ0v) is 6.46. The maximum Gasteiger partial charge on any atom is 0.132 e. The maximum absolute atomic E-state index is 10.4. The fraction of sp³-hybridized carbons (Fsp3) is 0.857. The van der Waals surface area contributed by atoms with Crippen LogP contribution in [0.2, 0.25) is 0 Å². The molecule has 3 nitrogen and oxygen atoms in total. The molecule has 3 heteroatoms. The van der Waals surface area contributed by atoms with Crippen molar-refractivity contribution in [2.75, 3.05) is 13.2 Å². The van der Waals surface area contributed by atoms with Crippen LogP contribution in [0.5, 0.6) is 0 Å². The molecule has 0 aromatic heterocycles. The Balaban J connectivity index is 3.25. The number of rotatable bonds is 5. The summed E-state index contributed by atoms with van der Waals surface area (Å²) in [5.41, 5.74) is 0. The van der Waals surface area contributed by atoms with Gasteiger partial charge < -0.3 is 9.84 Å². The van der Waals surface area contributed by atoms with Gasteiger partial charge in [-0.05, 0) is 13.8 Å². The van der Waals surface area contributed by atoms with Gasteiger partial charge in [0.2, 0.25) is 0 Å². The van der Waals surface area contributed by atoms with Gasteiger partial charge in [-0.3, -0.25) is 4.79 Å². The summed E-state index contributed by atoms with van der Waals surface area (Å²) in [6.45, 7) is 4.14. The third-order valence-corrected chi connectivity index (χ3v) is 1.04. The SMILES string of the molecule is CCOCC(O)CC(C)=O. The predicted molar refractivity (Wildman–Crippen MR) is 37.8 cm³/mol. The van der Waals surface area contributed by atoms with Crippen LogP contribution >= 0.6 is 0 Å². The van der Waals surface area contributed by atoms with Gasteiger partial charge in [0.25, 0.3) is 0 Å². The molecular weight excluding hydrogens is 132 g/mol. The van der Waals surface area contributed by atoms with Crippen molar-refractivity contribution >= 4 is 5.78 Å². The van der Waals surface area contributed by atoms with E-state index in [9.17, 15) is 4.79 Å². The fourth-order valence-electron chi connectivity index (χ4n) is 0.645. The summed E-state index contributed by atoms with van der Waals surface area (Å²) in [5.74, 6) is -0.00722. The first-order valence-electron chi connectivity index (χ1n) is 3.42. The molecule has 1 unspecified atom stereocenters. The summed E-state index contributed by atoms with van der Waals surface area (Å²) in [7, 11) is 0. The minimum Gasteiger partial charge on any atom is -0.390 e. The summed E-state index contributed by atoms with van der Waals surface area (Å²) in [5, 5.41) is 9.00. The second kappa shape index (κ2) is 5.38. The minimum absolute atomic E-state index is 0.00722. The number of Topliss-reactive ketones (excluding diaryl/α,β-unsaturated/α-hetero) is 1. The second-order valence-corrected chi connectivity index (χ2v) is 2.22. The monoisotopic (exact) mass is 146 g/mol. The number of hydrogen-bond donors (Lipinski definition) is 1. The molecule has 0 aliphatic heterocycles. The van der Waals surface area contributed by atoms with Gasteiger partial charge in [-0.15, -0.1) is 0 Å². The van der Waals surface area contributed by atoms with Gasteiger partial charge >= 0.3 is 0 Å². The van der Waals surface area contributed by atoms with Gasteiger partial charge in [-0.25, -0.2) is 0 Å². The van der Waals surface area contributed by atoms with Crippen molar-refractivity contribution in [3.05, 3.63) is 0 Å². The lowest BCUT2D eigenvalue weighted by Gasteiger charge is -2.06. The third kappa shape index (κ3) is 5.72. The van der Waals surface area contributed by atoms with Crippen LogP contribution in [0.25, 0.3) is 0 Å². The highest BCUT2D eigenvalue weighted by Crippen LogP contribution is 1.92. The number of carbonyl (C=O) groups is 1. The predicted octanol–water partition coefficient (Wildman–Crippen LogP) is 0.363. The molecule has 0 heterocycles. The molecule has 1 atom stereocenters. The van der Waals surface area contributed by atoms with Crippen LogP contribution in [0.1, 0.15) is 20.3 Å². The Morgan fingerprint density at radius 3 is 2.70 bits per heavy atom. The van der Waals surface area contributed by atoms with Gasteiger partial charge in [-0.1, -0.05) is 0 Å². The van der Waals surface area contributed by atoms with Crippen molar-refractivity contribution in [2.45, 2.75) is 26.4 Å². The van der Waals surface area contributed by atoms with E-state index in [4.69, 9.17) is 9.84 Å². The van der Waals surface area contributed by atoms with E-state index in [2.05, 4.69) is 0 Å². The normalized spacial score (nSPS) is 13.1. The van der Waals surface area contributed by atoms with Crippen LogP contribution in [0, 0.1) is 0 Å². The summed E-state index contributed by atoms with van der Waals surface area (Å²) < 4.78 is 4.89. The van der Waals surface area contributed by atoms with E-state index in [1.165, 1.54) is 6.92 Å². The van der Waals surface area contributed by atoms with Crippen molar-refractivity contribution in [1.82, 2.24) is 0 Å². The summed E-state index contributed by atoms with van der Waals surface area (Å²) in [6, 6.07) is 0. The lowest BCUT2D eigenvalue weighted by molar-refractivity contribution is -0.119. The van der Waals surface area contributed by atoms with Crippen LogP contribution in [-0.2, 0) is 9.53 Å². The first-order valence-corrected chi connectivity index (χ1v) is 3.42. The van der Waals surface area contributed by atoms with E-state index in [1.807, 2.05) is 6.92 Å². The van der Waals surface area contributed by atoms with E-state index >= 15 is 0 Å². The van der Waals surface area contributed by atoms with Gasteiger partial charge in [0.05, 0.1) is 12.7 Å². The number of carbonyl (C=O) groups excluding carboxylic acids is 1. The molecule has 0 fully saturated rings. The zero-order valence-electron chi connectivity index (χ0n) is 6.46. The van der Waals surface area contributed by atoms with Crippen LogP contribution in [-0.4, -0.2) is 30.2 Å². The molecule has 0 radical (unpaired) electrons. The molecule has 0 aromatic carbocycles. The molecule has 0 aromatic rings. The Labute approximate surface area is 61.0 Å². The number of ether oxygens (including phenoxy) is 1. The smallest absolute Gasteiger partial charge is 0.132 e. The van der Waals surface area contributed by atoms with Crippen LogP contribution < -0.4 is 0 Å². The highest BCUT2D eigenvalue weighted by molar-refractivity contribution is 5.75. The van der Waals surface area contributed by atoms with Crippen molar-refractivity contribution in [2.24, 2.45) is 0 Å². The average molecular weight is 146 g/mol. The quantitative estimate of drug-likeness (QED) is 0.609. The second-order valence-electron chi connectivity index (χ2n) is 2.22. The molecule has 0 saturated heterocycles. The molecular formula is C7H14O3. The standard InChI is InChI=1S/C7H14O3/c1-3-10-5-7(9)4-6(2)8/h7,9H,3-5H2,1-2H3. The van der Waals surface area contributed by atoms with Crippen molar-refractivity contribution < 1.29 is 14.6 Å². The Morgan fingerprint density at radius 1 is 1.70 bits per heavy atom. The zero-order chi connectivity index (χ0) is 7.98. The number of ketones is 1. The lowest BCUT2D eigenvalue weighted by atomic mass is 10.2. The van der Waals surface area contributed by atoms with Crippen LogP contribution in [0.3, 0.4) is 0 Å². The van der Waals surface area contributed by atoms with E-state index < -0.39 is 6.10 Å². The number of aliphatic hydroxyl groups is 1. The molecule has 0 amide bonds. The highest BCUT2D eigenvalue weighted by Gasteiger charge is 2.05. The van der Waals surface area contributed by atoms with E-state index in [1.54, 1.807) is 0 Å². The van der Waals surface area contributed by atoms with Crippen molar-refractivity contribution in [1.29, 1.82) is 0 Å². The average Bonchev–Trinajstić information content (AvgIpc) is 1.82. The molecule has 0 aliphatic rings. The first-order chi connectivity index (χ1) is 4.66. The van der Waals surface area contributed by atoms with E-state index in [-0.39, 0.29) is 18.8 Å². The van der Waals surface area contributed by atoms with Gasteiger partial charge in [0, 0.05) is 13.0 Å². The van der Waals surface area contributed by atoms with Crippen molar-refractivity contribution in [3.63, 3.8) is 0 Å². The summed E-state index contributed by atoms with van der Waals surface area (Å²) in [6.07, 6.45) is -0.433. The Morgan fingerprint density at radius 2 is 2.30 bits per heavy atom. The van der Waals surface area contributed by atoms with Crippen LogP contribution in [0.4, 0.5) is 0 Å². The highest BCUT2D eigenvalue weighted by atomic mass is 16.5. The fourth-order valence-corrected chi connectivity index (χ4v) is 0.645.